The van der Waals surface area contributed by atoms with Gasteiger partial charge in [0.2, 0.25) is 0 Å². The van der Waals surface area contributed by atoms with Crippen molar-refractivity contribution >= 4 is 24.1 Å². The molecule has 5 N–H and O–H groups in total. The quantitative estimate of drug-likeness (QED) is 0.225. The largest absolute Gasteiger partial charge is 0.381 e. The van der Waals surface area contributed by atoms with E-state index < -0.39 is 24.1 Å². The highest BCUT2D eigenvalue weighted by Crippen LogP contribution is 2.46. The Hall–Kier alpha value is 0.810. The van der Waals surface area contributed by atoms with Crippen LogP contribution in [0.1, 0.15) is 0 Å². The molecule has 58 valence electrons. The molecule has 0 heterocycles. The smallest absolute Gasteiger partial charge is 0.328 e. The predicted octanol–water partition coefficient (Wildman–Crippen LogP) is -1.45. The topological polar surface area (TPSA) is 118 Å². The Morgan fingerprint density at radius 2 is 1.33 bits per heavy atom. The van der Waals surface area contributed by atoms with Gasteiger partial charge in [-0.05, 0) is 10.6 Å². The van der Waals surface area contributed by atoms with Crippen LogP contribution in [-0.4, -0.2) is 24.5 Å². The van der Waals surface area contributed by atoms with E-state index >= 15 is 0 Å². The van der Waals surface area contributed by atoms with E-state index in [1.54, 1.807) is 0 Å². The lowest BCUT2D eigenvalue weighted by atomic mass is 15.8. The number of hydrogen-bond donors (Lipinski definition) is 6. The minimum absolute atomic E-state index is 1.02. The van der Waals surface area contributed by atoms with Gasteiger partial charge in [0.05, 0.1) is 0 Å². The van der Waals surface area contributed by atoms with Crippen molar-refractivity contribution in [2.24, 2.45) is 0 Å². The molecule has 0 spiro atoms. The lowest BCUT2D eigenvalue weighted by molar-refractivity contribution is 0.363. The monoisotopic (exact) mass is 196 g/mol. The Bertz CT molecular complexity index is 173. The molecule has 0 saturated carbocycles. The summed E-state index contributed by atoms with van der Waals surface area (Å²) in [5, 5.41) is 0. The van der Waals surface area contributed by atoms with E-state index in [0.29, 0.717) is 0 Å². The molecule has 0 aliphatic rings. The average molecular weight is 196 g/mol. The summed E-state index contributed by atoms with van der Waals surface area (Å²) in [4.78, 5) is 40.2. The van der Waals surface area contributed by atoms with Gasteiger partial charge in [0, 0.05) is 0 Å². The maximum atomic E-state index is 9.88. The zero-order chi connectivity index (χ0) is 7.71. The molecule has 0 aromatic heterocycles. The van der Waals surface area contributed by atoms with E-state index in [4.69, 9.17) is 24.5 Å². The molecule has 0 aliphatic heterocycles. The maximum absolute atomic E-state index is 9.88. The summed E-state index contributed by atoms with van der Waals surface area (Å²) in [6.07, 6.45) is 0. The Morgan fingerprint density at radius 3 is 1.33 bits per heavy atom. The fourth-order valence-corrected chi connectivity index (χ4v) is 4.22. The number of hydrogen-bond acceptors (Lipinski definition) is 1. The lowest BCUT2D eigenvalue weighted by Crippen LogP contribution is -1.78. The molecule has 0 aromatic rings. The fraction of sp³-hybridized carbons (Fsp3) is 0. The molecule has 0 bridgehead atoms. The zero-order valence-corrected chi connectivity index (χ0v) is 6.67. The maximum Gasteiger partial charge on any atom is 0.381 e. The first-order valence-electron chi connectivity index (χ1n) is 1.58. The van der Waals surface area contributed by atoms with E-state index in [1.165, 1.54) is 0 Å². The molecule has 0 unspecified atom stereocenters. The molecule has 9 heteroatoms. The summed E-state index contributed by atoms with van der Waals surface area (Å²) in [6.45, 7) is -8.84. The molecular weight excluding hydrogens is 190 g/mol. The second-order valence-electron chi connectivity index (χ2n) is 1.14. The minimum atomic E-state index is -4.52. The van der Waals surface area contributed by atoms with Crippen LogP contribution in [0.5, 0.6) is 0 Å². The standard InChI is InChI=1S/H6O6P2S/c1-7(2,3)9-8(4,5)6/h1-3,9H,(H2,4,5,6). The van der Waals surface area contributed by atoms with Crippen molar-refractivity contribution < 1.29 is 29.0 Å². The van der Waals surface area contributed by atoms with Crippen molar-refractivity contribution in [1.82, 2.24) is 0 Å². The molecule has 0 fully saturated rings. The van der Waals surface area contributed by atoms with Crippen molar-refractivity contribution in [2.45, 2.75) is 0 Å². The van der Waals surface area contributed by atoms with Gasteiger partial charge in [-0.25, -0.2) is 4.57 Å². The SMILES string of the molecule is O=P(O)(O)[SH]=P(O)(O)O. The molecule has 9 heavy (non-hydrogen) atoms. The lowest BCUT2D eigenvalue weighted by Gasteiger charge is -2.02. The minimum Gasteiger partial charge on any atom is -0.328 e. The van der Waals surface area contributed by atoms with E-state index in [2.05, 4.69) is 0 Å². The number of thiol groups is 1. The Balaban J connectivity index is 4.53. The highest BCUT2D eigenvalue weighted by Gasteiger charge is 2.14. The highest BCUT2D eigenvalue weighted by atomic mass is 32.9. The van der Waals surface area contributed by atoms with Crippen molar-refractivity contribution in [3.63, 3.8) is 0 Å². The number of rotatable bonds is 1. The van der Waals surface area contributed by atoms with Gasteiger partial charge in [-0.1, -0.05) is 0 Å². The van der Waals surface area contributed by atoms with Crippen LogP contribution in [0.4, 0.5) is 0 Å². The first kappa shape index (κ1) is 9.81. The van der Waals surface area contributed by atoms with E-state index in [1.807, 2.05) is 0 Å². The van der Waals surface area contributed by atoms with Gasteiger partial charge in [0.1, 0.15) is 0 Å². The predicted molar refractivity (Wildman–Crippen MR) is 34.4 cm³/mol. The van der Waals surface area contributed by atoms with Crippen LogP contribution >= 0.6 is 13.5 Å². The summed E-state index contributed by atoms with van der Waals surface area (Å²) in [5.74, 6) is 0. The Labute approximate surface area is 53.9 Å². The van der Waals surface area contributed by atoms with Gasteiger partial charge < -0.3 is 24.5 Å². The van der Waals surface area contributed by atoms with Crippen LogP contribution in [-0.2, 0) is 15.1 Å². The van der Waals surface area contributed by atoms with Crippen molar-refractivity contribution in [3.05, 3.63) is 0 Å². The van der Waals surface area contributed by atoms with Gasteiger partial charge in [0.15, 0.2) is 0 Å². The summed E-state index contributed by atoms with van der Waals surface area (Å²) in [7, 11) is -1.02. The van der Waals surface area contributed by atoms with E-state index in [9.17, 15) is 4.57 Å². The third kappa shape index (κ3) is 8.81. The third-order valence-electron chi connectivity index (χ3n) is 0.237. The molecule has 0 aromatic carbocycles. The summed E-state index contributed by atoms with van der Waals surface area (Å²) < 4.78 is 9.88. The van der Waals surface area contributed by atoms with Gasteiger partial charge in [-0.3, -0.25) is 0 Å². The first-order valence-corrected chi connectivity index (χ1v) is 7.15. The van der Waals surface area contributed by atoms with Crippen molar-refractivity contribution in [2.75, 3.05) is 0 Å². The van der Waals surface area contributed by atoms with E-state index in [-0.39, 0.29) is 0 Å². The second-order valence-corrected chi connectivity index (χ2v) is 8.74. The van der Waals surface area contributed by atoms with Crippen LogP contribution in [0.25, 0.3) is 0 Å². The fourth-order valence-electron chi connectivity index (χ4n) is 0.156. The molecule has 0 amide bonds. The van der Waals surface area contributed by atoms with Crippen molar-refractivity contribution in [3.8, 4) is 0 Å². The molecule has 0 atom stereocenters. The molecule has 0 radical (unpaired) electrons. The molecule has 0 saturated heterocycles. The average Bonchev–Trinajstić information content (AvgIpc) is 1.14. The van der Waals surface area contributed by atoms with Gasteiger partial charge in [-0.2, -0.15) is 0 Å². The molecule has 0 rings (SSSR count). The summed E-state index contributed by atoms with van der Waals surface area (Å²) >= 11 is 0. The second kappa shape index (κ2) is 2.82. The van der Waals surface area contributed by atoms with Crippen molar-refractivity contribution in [1.29, 1.82) is 0 Å². The molecular formula is H6O6P2S. The van der Waals surface area contributed by atoms with E-state index in [0.717, 1.165) is 0 Å². The highest BCUT2D eigenvalue weighted by molar-refractivity contribution is 8.54. The first-order chi connectivity index (χ1) is 3.71. The summed E-state index contributed by atoms with van der Waals surface area (Å²) in [5.41, 5.74) is 0. The molecule has 0 aliphatic carbocycles. The zero-order valence-electron chi connectivity index (χ0n) is 3.99. The normalized spacial score (nSPS) is 13.9. The van der Waals surface area contributed by atoms with Gasteiger partial charge in [-0.15, -0.1) is 0 Å². The van der Waals surface area contributed by atoms with Crippen LogP contribution in [0, 0.1) is 0 Å². The van der Waals surface area contributed by atoms with Gasteiger partial charge >= 0.3 is 6.80 Å². The van der Waals surface area contributed by atoms with Gasteiger partial charge in [0.25, 0.3) is 6.72 Å². The third-order valence-corrected chi connectivity index (χ3v) is 6.39. The van der Waals surface area contributed by atoms with Crippen LogP contribution in [0.15, 0.2) is 0 Å². The van der Waals surface area contributed by atoms with Crippen LogP contribution in [0.3, 0.4) is 0 Å². The Morgan fingerprint density at radius 1 is 1.00 bits per heavy atom. The Kier molecular flexibility index (Phi) is 3.07. The van der Waals surface area contributed by atoms with Crippen LogP contribution in [0.2, 0.25) is 0 Å². The molecule has 6 nitrogen and oxygen atoms in total. The summed E-state index contributed by atoms with van der Waals surface area (Å²) in [6, 6.07) is 0. The van der Waals surface area contributed by atoms with Crippen LogP contribution < -0.4 is 0 Å².